The smallest absolute Gasteiger partial charge is 0.255 e. The molecule has 37 heavy (non-hydrogen) atoms. The van der Waals surface area contributed by atoms with Gasteiger partial charge in [-0.05, 0) is 85.1 Å². The maximum absolute atomic E-state index is 13.7. The van der Waals surface area contributed by atoms with E-state index in [9.17, 15) is 9.59 Å². The number of carbonyl (C=O) groups excluding carboxylic acids is 2. The van der Waals surface area contributed by atoms with Crippen molar-refractivity contribution in [3.63, 3.8) is 0 Å². The van der Waals surface area contributed by atoms with Gasteiger partial charge in [-0.1, -0.05) is 24.4 Å². The normalized spacial score (nSPS) is 16.8. The number of hydrogen-bond acceptors (Lipinski definition) is 5. The van der Waals surface area contributed by atoms with E-state index >= 15 is 0 Å². The minimum absolute atomic E-state index is 0.158. The zero-order chi connectivity index (χ0) is 26.4. The van der Waals surface area contributed by atoms with Crippen LogP contribution < -0.4 is 11.1 Å². The second kappa shape index (κ2) is 11.7. The standard InChI is InChI=1S/C29H26ClN5O2/c30-25-14-13-24(34-28(36)21-9-5-19(16-31)6-10-21)15-23(25)18-35(27-4-2-1-3-26(27)33)29(37)22-11-7-20(17-32)8-12-22/h5-15,26-27H,1-4,18,33H2,(H,34,36). The first kappa shape index (κ1) is 25.9. The molecule has 0 saturated heterocycles. The Labute approximate surface area is 221 Å². The Hall–Kier alpha value is -4.17. The van der Waals surface area contributed by atoms with E-state index in [0.717, 1.165) is 25.7 Å². The third-order valence-corrected chi connectivity index (χ3v) is 6.99. The number of anilines is 1. The summed E-state index contributed by atoms with van der Waals surface area (Å²) in [6.07, 6.45) is 3.62. The summed E-state index contributed by atoms with van der Waals surface area (Å²) < 4.78 is 0. The van der Waals surface area contributed by atoms with Crippen molar-refractivity contribution < 1.29 is 9.59 Å². The largest absolute Gasteiger partial charge is 0.330 e. The van der Waals surface area contributed by atoms with Gasteiger partial charge in [0, 0.05) is 40.5 Å². The Morgan fingerprint density at radius 3 is 2.11 bits per heavy atom. The molecule has 1 aliphatic rings. The molecule has 186 valence electrons. The van der Waals surface area contributed by atoms with E-state index in [2.05, 4.69) is 11.4 Å². The number of rotatable bonds is 6. The van der Waals surface area contributed by atoms with Gasteiger partial charge >= 0.3 is 0 Å². The molecule has 3 aromatic carbocycles. The highest BCUT2D eigenvalue weighted by molar-refractivity contribution is 6.31. The lowest BCUT2D eigenvalue weighted by atomic mass is 9.89. The van der Waals surface area contributed by atoms with Crippen LogP contribution in [0.25, 0.3) is 0 Å². The summed E-state index contributed by atoms with van der Waals surface area (Å²) >= 11 is 6.54. The molecule has 4 rings (SSSR count). The molecule has 8 heteroatoms. The van der Waals surface area contributed by atoms with Crippen LogP contribution in [0.15, 0.2) is 66.7 Å². The maximum Gasteiger partial charge on any atom is 0.255 e. The molecule has 0 aliphatic heterocycles. The summed E-state index contributed by atoms with van der Waals surface area (Å²) in [5, 5.41) is 21.4. The quantitative estimate of drug-likeness (QED) is 0.468. The van der Waals surface area contributed by atoms with Crippen LogP contribution in [0.4, 0.5) is 5.69 Å². The molecule has 0 aromatic heterocycles. The van der Waals surface area contributed by atoms with Gasteiger partial charge in [0.1, 0.15) is 0 Å². The molecule has 3 N–H and O–H groups in total. The second-order valence-corrected chi connectivity index (χ2v) is 9.49. The molecule has 2 atom stereocenters. The Morgan fingerprint density at radius 1 is 0.919 bits per heavy atom. The second-order valence-electron chi connectivity index (χ2n) is 9.09. The Bertz CT molecular complexity index is 1370. The van der Waals surface area contributed by atoms with Gasteiger partial charge in [-0.25, -0.2) is 0 Å². The highest BCUT2D eigenvalue weighted by Gasteiger charge is 2.32. The highest BCUT2D eigenvalue weighted by Crippen LogP contribution is 2.29. The van der Waals surface area contributed by atoms with Crippen LogP contribution in [0.1, 0.15) is 63.1 Å². The summed E-state index contributed by atoms with van der Waals surface area (Å²) in [6.45, 7) is 0.219. The molecule has 0 bridgehead atoms. The molecule has 7 nitrogen and oxygen atoms in total. The molecule has 3 aromatic rings. The molecule has 1 aliphatic carbocycles. The van der Waals surface area contributed by atoms with Crippen molar-refractivity contribution in [2.45, 2.75) is 44.3 Å². The van der Waals surface area contributed by atoms with Crippen molar-refractivity contribution in [1.29, 1.82) is 10.5 Å². The van der Waals surface area contributed by atoms with Crippen molar-refractivity contribution in [3.05, 3.63) is 99.6 Å². The predicted octanol–water partition coefficient (Wildman–Crippen LogP) is 5.25. The maximum atomic E-state index is 13.7. The van der Waals surface area contributed by atoms with E-state index < -0.39 is 0 Å². The summed E-state index contributed by atoms with van der Waals surface area (Å²) in [4.78, 5) is 28.2. The fraction of sp³-hybridized carbons (Fsp3) is 0.241. The van der Waals surface area contributed by atoms with Gasteiger partial charge in [0.15, 0.2) is 0 Å². The first-order valence-electron chi connectivity index (χ1n) is 12.1. The molecular weight excluding hydrogens is 486 g/mol. The SMILES string of the molecule is N#Cc1ccc(C(=O)Nc2ccc(Cl)c(CN(C(=O)c3ccc(C#N)cc3)C3CCCCC3N)c2)cc1. The summed E-state index contributed by atoms with van der Waals surface area (Å²) in [6, 6.07) is 21.8. The van der Waals surface area contributed by atoms with Crippen LogP contribution in [0, 0.1) is 22.7 Å². The van der Waals surface area contributed by atoms with E-state index in [1.54, 1.807) is 71.6 Å². The molecule has 1 fully saturated rings. The van der Waals surface area contributed by atoms with Crippen LogP contribution in [0.3, 0.4) is 0 Å². The zero-order valence-corrected chi connectivity index (χ0v) is 20.9. The zero-order valence-electron chi connectivity index (χ0n) is 20.2. The molecule has 0 radical (unpaired) electrons. The van der Waals surface area contributed by atoms with Crippen molar-refractivity contribution in [3.8, 4) is 12.1 Å². The van der Waals surface area contributed by atoms with Crippen molar-refractivity contribution in [2.24, 2.45) is 5.73 Å². The minimum atomic E-state index is -0.322. The Balaban J connectivity index is 1.60. The summed E-state index contributed by atoms with van der Waals surface area (Å²) in [7, 11) is 0. The van der Waals surface area contributed by atoms with Gasteiger partial charge < -0.3 is 16.0 Å². The molecule has 1 saturated carbocycles. The third-order valence-electron chi connectivity index (χ3n) is 6.62. The van der Waals surface area contributed by atoms with Gasteiger partial charge in [0.2, 0.25) is 0 Å². The first-order chi connectivity index (χ1) is 17.9. The average Bonchev–Trinajstić information content (AvgIpc) is 2.93. The van der Waals surface area contributed by atoms with Crippen LogP contribution in [0.2, 0.25) is 5.02 Å². The molecule has 0 heterocycles. The topological polar surface area (TPSA) is 123 Å². The number of carbonyl (C=O) groups is 2. The van der Waals surface area contributed by atoms with E-state index in [1.807, 2.05) is 6.07 Å². The first-order valence-corrected chi connectivity index (χ1v) is 12.4. The van der Waals surface area contributed by atoms with Gasteiger partial charge in [-0.2, -0.15) is 10.5 Å². The molecular formula is C29H26ClN5O2. The van der Waals surface area contributed by atoms with Crippen LogP contribution in [-0.4, -0.2) is 28.8 Å². The van der Waals surface area contributed by atoms with Crippen LogP contribution in [-0.2, 0) is 6.54 Å². The fourth-order valence-electron chi connectivity index (χ4n) is 4.58. The third kappa shape index (κ3) is 6.16. The summed E-state index contributed by atoms with van der Waals surface area (Å²) in [5.74, 6) is -0.507. The number of benzene rings is 3. The van der Waals surface area contributed by atoms with Crippen molar-refractivity contribution in [1.82, 2.24) is 4.90 Å². The monoisotopic (exact) mass is 511 g/mol. The number of nitriles is 2. The Kier molecular flexibility index (Phi) is 8.20. The van der Waals surface area contributed by atoms with E-state index in [1.165, 1.54) is 0 Å². The lowest BCUT2D eigenvalue weighted by Gasteiger charge is -2.38. The van der Waals surface area contributed by atoms with Crippen LogP contribution >= 0.6 is 11.6 Å². The lowest BCUT2D eigenvalue weighted by Crippen LogP contribution is -2.51. The number of amides is 2. The van der Waals surface area contributed by atoms with Crippen molar-refractivity contribution in [2.75, 3.05) is 5.32 Å². The van der Waals surface area contributed by atoms with E-state index in [0.29, 0.717) is 38.5 Å². The fourth-order valence-corrected chi connectivity index (χ4v) is 4.75. The van der Waals surface area contributed by atoms with E-state index in [-0.39, 0.29) is 30.4 Å². The number of nitrogens with one attached hydrogen (secondary N) is 1. The van der Waals surface area contributed by atoms with E-state index in [4.69, 9.17) is 27.9 Å². The minimum Gasteiger partial charge on any atom is -0.330 e. The van der Waals surface area contributed by atoms with Gasteiger partial charge in [0.25, 0.3) is 11.8 Å². The highest BCUT2D eigenvalue weighted by atomic mass is 35.5. The number of hydrogen-bond donors (Lipinski definition) is 2. The van der Waals surface area contributed by atoms with Gasteiger partial charge in [0.05, 0.1) is 23.3 Å². The predicted molar refractivity (Wildman–Crippen MR) is 142 cm³/mol. The van der Waals surface area contributed by atoms with Crippen LogP contribution in [0.5, 0.6) is 0 Å². The number of nitrogens with zero attached hydrogens (tertiary/aromatic N) is 3. The van der Waals surface area contributed by atoms with Gasteiger partial charge in [-0.15, -0.1) is 0 Å². The lowest BCUT2D eigenvalue weighted by molar-refractivity contribution is 0.0583. The number of halogens is 1. The molecule has 0 spiro atoms. The molecule has 2 amide bonds. The Morgan fingerprint density at radius 2 is 1.51 bits per heavy atom. The number of nitrogens with two attached hydrogens (primary N) is 1. The van der Waals surface area contributed by atoms with Gasteiger partial charge in [-0.3, -0.25) is 9.59 Å². The average molecular weight is 512 g/mol. The van der Waals surface area contributed by atoms with Crippen molar-refractivity contribution >= 4 is 29.1 Å². The summed E-state index contributed by atoms with van der Waals surface area (Å²) in [5.41, 5.74) is 9.52. The molecule has 2 unspecified atom stereocenters.